The van der Waals surface area contributed by atoms with Gasteiger partial charge in [0.15, 0.2) is 5.13 Å². The van der Waals surface area contributed by atoms with Gasteiger partial charge in [0.1, 0.15) is 4.88 Å². The Bertz CT molecular complexity index is 1250. The minimum Gasteiger partial charge on any atom is -0.379 e. The molecule has 0 N–H and O–H groups in total. The van der Waals surface area contributed by atoms with E-state index in [1.54, 1.807) is 16.2 Å². The van der Waals surface area contributed by atoms with Crippen LogP contribution in [0.3, 0.4) is 0 Å². The Kier molecular flexibility index (Phi) is 5.95. The fraction of sp³-hybridized carbons (Fsp3) is 0.304. The highest BCUT2D eigenvalue weighted by Gasteiger charge is 2.27. The van der Waals surface area contributed by atoms with Crippen LogP contribution in [0.4, 0.5) is 5.13 Å². The minimum atomic E-state index is -0.0869. The Morgan fingerprint density at radius 1 is 1.13 bits per heavy atom. The predicted molar refractivity (Wildman–Crippen MR) is 130 cm³/mol. The summed E-state index contributed by atoms with van der Waals surface area (Å²) in [5, 5.41) is 2.17. The maximum atomic E-state index is 13.7. The number of thiophene rings is 1. The van der Waals surface area contributed by atoms with Crippen LogP contribution in [0.2, 0.25) is 5.02 Å². The number of hydrogen-bond donors (Lipinski definition) is 0. The number of hydrogen-bond acceptors (Lipinski definition) is 6. The highest BCUT2D eigenvalue weighted by molar-refractivity contribution is 7.23. The SMILES string of the molecule is Cc1cccc2sc(N(CCN3CCOCC3)C(=O)c3sc4ccccc4c3Cl)nc12. The van der Waals surface area contributed by atoms with Gasteiger partial charge in [0.2, 0.25) is 0 Å². The fourth-order valence-electron chi connectivity index (χ4n) is 3.81. The Morgan fingerprint density at radius 3 is 2.68 bits per heavy atom. The molecule has 0 radical (unpaired) electrons. The van der Waals surface area contributed by atoms with Crippen LogP contribution in [-0.2, 0) is 4.74 Å². The highest BCUT2D eigenvalue weighted by atomic mass is 35.5. The maximum Gasteiger partial charge on any atom is 0.271 e. The molecule has 0 unspecified atom stereocenters. The third-order valence-corrected chi connectivity index (χ3v) is 8.27. The molecule has 31 heavy (non-hydrogen) atoms. The molecule has 0 aliphatic carbocycles. The van der Waals surface area contributed by atoms with Gasteiger partial charge in [0, 0.05) is 36.3 Å². The smallest absolute Gasteiger partial charge is 0.271 e. The number of para-hydroxylation sites is 1. The lowest BCUT2D eigenvalue weighted by atomic mass is 10.2. The number of fused-ring (bicyclic) bond motifs is 2. The van der Waals surface area contributed by atoms with Gasteiger partial charge >= 0.3 is 0 Å². The molecule has 1 aliphatic heterocycles. The van der Waals surface area contributed by atoms with Crippen LogP contribution in [0, 0.1) is 6.92 Å². The summed E-state index contributed by atoms with van der Waals surface area (Å²) in [7, 11) is 0. The molecule has 0 atom stereocenters. The number of anilines is 1. The molecular formula is C23H22ClN3O2S2. The molecule has 5 nitrogen and oxygen atoms in total. The van der Waals surface area contributed by atoms with Crippen LogP contribution in [0.25, 0.3) is 20.3 Å². The molecule has 0 spiro atoms. The van der Waals surface area contributed by atoms with E-state index in [0.29, 0.717) is 16.4 Å². The van der Waals surface area contributed by atoms with Crippen molar-refractivity contribution < 1.29 is 9.53 Å². The summed E-state index contributed by atoms with van der Waals surface area (Å²) in [6, 6.07) is 14.0. The number of halogens is 1. The van der Waals surface area contributed by atoms with Gasteiger partial charge in [-0.1, -0.05) is 53.3 Å². The fourth-order valence-corrected chi connectivity index (χ4v) is 6.34. The second-order valence-electron chi connectivity index (χ2n) is 7.57. The molecule has 1 fully saturated rings. The number of carbonyl (C=O) groups excluding carboxylic acids is 1. The number of ether oxygens (including phenoxy) is 1. The number of aryl methyl sites for hydroxylation is 1. The molecule has 0 bridgehead atoms. The topological polar surface area (TPSA) is 45.7 Å². The molecule has 1 aliphatic rings. The number of morpholine rings is 1. The van der Waals surface area contributed by atoms with Crippen LogP contribution in [-0.4, -0.2) is 55.2 Å². The minimum absolute atomic E-state index is 0.0869. The third-order valence-electron chi connectivity index (χ3n) is 5.56. The van der Waals surface area contributed by atoms with Gasteiger partial charge < -0.3 is 4.74 Å². The van der Waals surface area contributed by atoms with Crippen molar-refractivity contribution in [2.24, 2.45) is 0 Å². The molecule has 2 aromatic heterocycles. The van der Waals surface area contributed by atoms with Crippen molar-refractivity contribution in [2.75, 3.05) is 44.3 Å². The van der Waals surface area contributed by atoms with Gasteiger partial charge in [-0.25, -0.2) is 4.98 Å². The zero-order chi connectivity index (χ0) is 21.4. The number of aromatic nitrogens is 1. The lowest BCUT2D eigenvalue weighted by Crippen LogP contribution is -2.43. The summed E-state index contributed by atoms with van der Waals surface area (Å²) in [5.74, 6) is -0.0869. The molecule has 5 rings (SSSR count). The van der Waals surface area contributed by atoms with E-state index in [0.717, 1.165) is 63.8 Å². The molecule has 160 valence electrons. The monoisotopic (exact) mass is 471 g/mol. The molecule has 8 heteroatoms. The van der Waals surface area contributed by atoms with E-state index in [2.05, 4.69) is 24.0 Å². The van der Waals surface area contributed by atoms with E-state index in [1.165, 1.54) is 11.3 Å². The van der Waals surface area contributed by atoms with E-state index < -0.39 is 0 Å². The van der Waals surface area contributed by atoms with Crippen molar-refractivity contribution in [2.45, 2.75) is 6.92 Å². The standard InChI is InChI=1S/C23H22ClN3O2S2/c1-15-5-4-8-18-20(15)25-23(31-18)27(10-9-26-11-13-29-14-12-26)22(28)21-19(24)16-6-2-3-7-17(16)30-21/h2-8H,9-14H2,1H3. The van der Waals surface area contributed by atoms with Crippen LogP contribution in [0.15, 0.2) is 42.5 Å². The van der Waals surface area contributed by atoms with E-state index in [9.17, 15) is 4.79 Å². The number of nitrogens with zero attached hydrogens (tertiary/aromatic N) is 3. The molecule has 1 amide bonds. The molecule has 3 heterocycles. The van der Waals surface area contributed by atoms with Gasteiger partial charge in [-0.05, 0) is 24.6 Å². The lowest BCUT2D eigenvalue weighted by molar-refractivity contribution is 0.0391. The van der Waals surface area contributed by atoms with E-state index in [4.69, 9.17) is 21.3 Å². The normalized spacial score (nSPS) is 15.0. The first-order valence-corrected chi connectivity index (χ1v) is 12.3. The largest absolute Gasteiger partial charge is 0.379 e. The van der Waals surface area contributed by atoms with Crippen LogP contribution < -0.4 is 4.90 Å². The number of thiazole rings is 1. The first-order valence-electron chi connectivity index (χ1n) is 10.3. The van der Waals surface area contributed by atoms with Gasteiger partial charge in [-0.3, -0.25) is 14.6 Å². The van der Waals surface area contributed by atoms with E-state index in [1.807, 2.05) is 30.3 Å². The van der Waals surface area contributed by atoms with Crippen molar-refractivity contribution in [3.05, 3.63) is 57.9 Å². The van der Waals surface area contributed by atoms with Crippen LogP contribution in [0.5, 0.6) is 0 Å². The molecular weight excluding hydrogens is 450 g/mol. The van der Waals surface area contributed by atoms with Gasteiger partial charge in [0.25, 0.3) is 5.91 Å². The van der Waals surface area contributed by atoms with Crippen molar-refractivity contribution in [3.8, 4) is 0 Å². The van der Waals surface area contributed by atoms with Crippen molar-refractivity contribution >= 4 is 65.6 Å². The van der Waals surface area contributed by atoms with Crippen molar-refractivity contribution in [1.82, 2.24) is 9.88 Å². The van der Waals surface area contributed by atoms with E-state index in [-0.39, 0.29) is 5.91 Å². The summed E-state index contributed by atoms with van der Waals surface area (Å²) >= 11 is 9.66. The third kappa shape index (κ3) is 4.08. The lowest BCUT2D eigenvalue weighted by Gasteiger charge is -2.29. The number of amides is 1. The average molecular weight is 472 g/mol. The number of benzene rings is 2. The summed E-state index contributed by atoms with van der Waals surface area (Å²) < 4.78 is 7.56. The Hall–Kier alpha value is -2.03. The quantitative estimate of drug-likeness (QED) is 0.388. The average Bonchev–Trinajstić information content (AvgIpc) is 3.37. The molecule has 4 aromatic rings. The van der Waals surface area contributed by atoms with Gasteiger partial charge in [-0.2, -0.15) is 0 Å². The first-order chi connectivity index (χ1) is 15.1. The van der Waals surface area contributed by atoms with Crippen molar-refractivity contribution in [3.63, 3.8) is 0 Å². The predicted octanol–water partition coefficient (Wildman–Crippen LogP) is 5.45. The summed E-state index contributed by atoms with van der Waals surface area (Å²) in [6.07, 6.45) is 0. The number of rotatable bonds is 5. The zero-order valence-corrected chi connectivity index (χ0v) is 19.5. The molecule has 1 saturated heterocycles. The van der Waals surface area contributed by atoms with E-state index >= 15 is 0 Å². The first kappa shape index (κ1) is 20.8. The summed E-state index contributed by atoms with van der Waals surface area (Å²) in [6.45, 7) is 6.60. The Labute approximate surface area is 193 Å². The second-order valence-corrected chi connectivity index (χ2v) is 10.0. The maximum absolute atomic E-state index is 13.7. The summed E-state index contributed by atoms with van der Waals surface area (Å²) in [5.41, 5.74) is 2.06. The van der Waals surface area contributed by atoms with Crippen molar-refractivity contribution in [1.29, 1.82) is 0 Å². The Balaban J connectivity index is 1.52. The second kappa shape index (κ2) is 8.84. The summed E-state index contributed by atoms with van der Waals surface area (Å²) in [4.78, 5) is 23.3. The Morgan fingerprint density at radius 2 is 1.90 bits per heavy atom. The van der Waals surface area contributed by atoms with Gasteiger partial charge in [0.05, 0.1) is 28.5 Å². The number of carbonyl (C=O) groups is 1. The van der Waals surface area contributed by atoms with Crippen LogP contribution >= 0.6 is 34.3 Å². The highest BCUT2D eigenvalue weighted by Crippen LogP contribution is 2.38. The van der Waals surface area contributed by atoms with Crippen LogP contribution in [0.1, 0.15) is 15.2 Å². The molecule has 0 saturated carbocycles. The zero-order valence-electron chi connectivity index (χ0n) is 17.1. The van der Waals surface area contributed by atoms with Gasteiger partial charge in [-0.15, -0.1) is 11.3 Å². The molecule has 2 aromatic carbocycles.